The molecule has 0 spiro atoms. The molecule has 0 aliphatic carbocycles. The average Bonchev–Trinajstić information content (AvgIpc) is 2.16. The molecule has 1 rings (SSSR count). The van der Waals surface area contributed by atoms with Gasteiger partial charge in [0.2, 0.25) is 5.67 Å². The van der Waals surface area contributed by atoms with Crippen molar-refractivity contribution < 1.29 is 14.3 Å². The SMILES string of the molecule is Cl.O=C(O)[C@@]1(F)CCNC1. The minimum Gasteiger partial charge on any atom is -0.479 e. The van der Waals surface area contributed by atoms with Crippen molar-refractivity contribution in [2.45, 2.75) is 12.1 Å². The van der Waals surface area contributed by atoms with Gasteiger partial charge in [-0.1, -0.05) is 0 Å². The average molecular weight is 170 g/mol. The van der Waals surface area contributed by atoms with Gasteiger partial charge >= 0.3 is 5.97 Å². The second kappa shape index (κ2) is 3.16. The summed E-state index contributed by atoms with van der Waals surface area (Å²) in [5, 5.41) is 10.9. The van der Waals surface area contributed by atoms with Crippen LogP contribution in [0.2, 0.25) is 0 Å². The Kier molecular flexibility index (Phi) is 3.05. The van der Waals surface area contributed by atoms with Gasteiger partial charge in [0.05, 0.1) is 0 Å². The van der Waals surface area contributed by atoms with Gasteiger partial charge in [0.25, 0.3) is 0 Å². The van der Waals surface area contributed by atoms with Crippen LogP contribution in [0.3, 0.4) is 0 Å². The van der Waals surface area contributed by atoms with Crippen LogP contribution in [-0.4, -0.2) is 29.8 Å². The van der Waals surface area contributed by atoms with E-state index < -0.39 is 11.6 Å². The highest BCUT2D eigenvalue weighted by Gasteiger charge is 2.41. The molecule has 0 unspecified atom stereocenters. The Bertz CT molecular complexity index is 136. The summed E-state index contributed by atoms with van der Waals surface area (Å²) in [7, 11) is 0. The summed E-state index contributed by atoms with van der Waals surface area (Å²) in [5.41, 5.74) is -2.00. The molecule has 0 bridgehead atoms. The van der Waals surface area contributed by atoms with Crippen molar-refractivity contribution >= 4 is 18.4 Å². The maximum absolute atomic E-state index is 12.8. The lowest BCUT2D eigenvalue weighted by molar-refractivity contribution is -0.149. The van der Waals surface area contributed by atoms with Gasteiger partial charge in [0.1, 0.15) is 0 Å². The lowest BCUT2D eigenvalue weighted by Crippen LogP contribution is -2.35. The van der Waals surface area contributed by atoms with E-state index in [1.54, 1.807) is 0 Å². The zero-order valence-corrected chi connectivity index (χ0v) is 6.08. The van der Waals surface area contributed by atoms with Crippen LogP contribution in [0.5, 0.6) is 0 Å². The second-order valence-corrected chi connectivity index (χ2v) is 2.20. The smallest absolute Gasteiger partial charge is 0.342 e. The minimum absolute atomic E-state index is 0. The minimum atomic E-state index is -2.00. The maximum Gasteiger partial charge on any atom is 0.342 e. The number of carboxylic acid groups (broad SMARTS) is 1. The number of rotatable bonds is 1. The predicted octanol–water partition coefficient (Wildman–Crippen LogP) is 0.194. The van der Waals surface area contributed by atoms with Gasteiger partial charge < -0.3 is 10.4 Å². The maximum atomic E-state index is 12.8. The molecular formula is C5H9ClFNO2. The first-order valence-corrected chi connectivity index (χ1v) is 2.78. The summed E-state index contributed by atoms with van der Waals surface area (Å²) in [4.78, 5) is 10.1. The van der Waals surface area contributed by atoms with Crippen molar-refractivity contribution in [2.75, 3.05) is 13.1 Å². The van der Waals surface area contributed by atoms with Crippen LogP contribution in [0.15, 0.2) is 0 Å². The number of aliphatic carboxylic acids is 1. The summed E-state index contributed by atoms with van der Waals surface area (Å²) >= 11 is 0. The molecule has 1 aliphatic heterocycles. The van der Waals surface area contributed by atoms with Crippen LogP contribution >= 0.6 is 12.4 Å². The van der Waals surface area contributed by atoms with Crippen LogP contribution in [0.4, 0.5) is 4.39 Å². The van der Waals surface area contributed by atoms with Crippen molar-refractivity contribution in [1.82, 2.24) is 5.32 Å². The highest BCUT2D eigenvalue weighted by Crippen LogP contribution is 2.19. The Balaban J connectivity index is 0.000000810. The Morgan fingerprint density at radius 1 is 1.70 bits per heavy atom. The van der Waals surface area contributed by atoms with Crippen molar-refractivity contribution in [3.8, 4) is 0 Å². The molecule has 10 heavy (non-hydrogen) atoms. The van der Waals surface area contributed by atoms with E-state index in [0.29, 0.717) is 6.54 Å². The van der Waals surface area contributed by atoms with E-state index in [2.05, 4.69) is 5.32 Å². The van der Waals surface area contributed by atoms with Gasteiger partial charge in [-0.25, -0.2) is 9.18 Å². The van der Waals surface area contributed by atoms with Crippen LogP contribution in [0.25, 0.3) is 0 Å². The third-order valence-electron chi connectivity index (χ3n) is 1.49. The zero-order chi connectivity index (χ0) is 6.91. The van der Waals surface area contributed by atoms with Gasteiger partial charge in [-0.3, -0.25) is 0 Å². The number of carboxylic acids is 1. The fraction of sp³-hybridized carbons (Fsp3) is 0.800. The number of hydrogen-bond donors (Lipinski definition) is 2. The number of hydrogen-bond acceptors (Lipinski definition) is 2. The lowest BCUT2D eigenvalue weighted by Gasteiger charge is -2.09. The first kappa shape index (κ1) is 9.65. The van der Waals surface area contributed by atoms with E-state index in [1.165, 1.54) is 0 Å². The normalized spacial score (nSPS) is 31.3. The highest BCUT2D eigenvalue weighted by molar-refractivity contribution is 5.85. The number of carbonyl (C=O) groups is 1. The first-order valence-electron chi connectivity index (χ1n) is 2.78. The molecule has 1 atom stereocenters. The van der Waals surface area contributed by atoms with Gasteiger partial charge in [0, 0.05) is 13.0 Å². The van der Waals surface area contributed by atoms with Gasteiger partial charge in [-0.2, -0.15) is 0 Å². The molecule has 0 aromatic rings. The van der Waals surface area contributed by atoms with Crippen molar-refractivity contribution in [1.29, 1.82) is 0 Å². The van der Waals surface area contributed by atoms with Crippen LogP contribution in [0, 0.1) is 0 Å². The molecule has 0 saturated carbocycles. The molecule has 0 amide bonds. The Labute approximate surface area is 64.0 Å². The number of alkyl halides is 1. The van der Waals surface area contributed by atoms with Crippen molar-refractivity contribution in [3.05, 3.63) is 0 Å². The molecule has 0 aromatic carbocycles. The molecule has 2 N–H and O–H groups in total. The lowest BCUT2D eigenvalue weighted by atomic mass is 10.1. The molecule has 0 radical (unpaired) electrons. The van der Waals surface area contributed by atoms with E-state index in [1.807, 2.05) is 0 Å². The summed E-state index contributed by atoms with van der Waals surface area (Å²) in [6.45, 7) is 0.408. The van der Waals surface area contributed by atoms with E-state index >= 15 is 0 Å². The van der Waals surface area contributed by atoms with Crippen molar-refractivity contribution in [2.24, 2.45) is 0 Å². The number of halogens is 2. The summed E-state index contributed by atoms with van der Waals surface area (Å²) in [6, 6.07) is 0. The largest absolute Gasteiger partial charge is 0.479 e. The van der Waals surface area contributed by atoms with Gasteiger partial charge in [-0.15, -0.1) is 12.4 Å². The first-order chi connectivity index (χ1) is 4.15. The molecule has 0 aromatic heterocycles. The third-order valence-corrected chi connectivity index (χ3v) is 1.49. The molecule has 1 aliphatic rings. The number of nitrogens with one attached hydrogen (secondary N) is 1. The van der Waals surface area contributed by atoms with E-state index in [0.717, 1.165) is 0 Å². The molecule has 5 heteroatoms. The topological polar surface area (TPSA) is 49.3 Å². The van der Waals surface area contributed by atoms with E-state index in [-0.39, 0.29) is 25.4 Å². The third kappa shape index (κ3) is 1.58. The molecule has 1 heterocycles. The Morgan fingerprint density at radius 3 is 2.50 bits per heavy atom. The van der Waals surface area contributed by atoms with Crippen LogP contribution in [-0.2, 0) is 4.79 Å². The van der Waals surface area contributed by atoms with Gasteiger partial charge in [-0.05, 0) is 6.54 Å². The fourth-order valence-corrected chi connectivity index (χ4v) is 0.844. The molecule has 1 saturated heterocycles. The Hall–Kier alpha value is -0.350. The molecule has 1 fully saturated rings. The molecule has 60 valence electrons. The summed E-state index contributed by atoms with van der Waals surface area (Å²) in [6.07, 6.45) is 0.0856. The quantitative estimate of drug-likeness (QED) is 0.590. The monoisotopic (exact) mass is 169 g/mol. The van der Waals surface area contributed by atoms with E-state index in [4.69, 9.17) is 5.11 Å². The second-order valence-electron chi connectivity index (χ2n) is 2.20. The summed E-state index contributed by atoms with van der Waals surface area (Å²) in [5.74, 6) is -1.35. The van der Waals surface area contributed by atoms with Crippen LogP contribution < -0.4 is 5.32 Å². The van der Waals surface area contributed by atoms with Crippen LogP contribution in [0.1, 0.15) is 6.42 Å². The van der Waals surface area contributed by atoms with Crippen molar-refractivity contribution in [3.63, 3.8) is 0 Å². The fourth-order valence-electron chi connectivity index (χ4n) is 0.844. The Morgan fingerprint density at radius 2 is 2.30 bits per heavy atom. The summed E-state index contributed by atoms with van der Waals surface area (Å²) < 4.78 is 12.8. The van der Waals surface area contributed by atoms with Gasteiger partial charge in [0.15, 0.2) is 0 Å². The standard InChI is InChI=1S/C5H8FNO2.ClH/c6-5(4(8)9)1-2-7-3-5;/h7H,1-3H2,(H,8,9);1H/t5-;/m1./s1. The highest BCUT2D eigenvalue weighted by atomic mass is 35.5. The predicted molar refractivity (Wildman–Crippen MR) is 36.2 cm³/mol. The zero-order valence-electron chi connectivity index (χ0n) is 5.26. The molecular weight excluding hydrogens is 161 g/mol. The van der Waals surface area contributed by atoms with E-state index in [9.17, 15) is 9.18 Å². The molecule has 3 nitrogen and oxygen atoms in total.